The molecule has 1 saturated carbocycles. The Morgan fingerprint density at radius 3 is 2.84 bits per heavy atom. The van der Waals surface area contributed by atoms with Crippen LogP contribution in [0.25, 0.3) is 11.4 Å². The molecule has 1 N–H and O–H groups in total. The van der Waals surface area contributed by atoms with Gasteiger partial charge >= 0.3 is 0 Å². The second kappa shape index (κ2) is 6.17. The smallest absolute Gasteiger partial charge is 0.255 e. The van der Waals surface area contributed by atoms with Gasteiger partial charge in [0.2, 0.25) is 0 Å². The Morgan fingerprint density at radius 2 is 2.04 bits per heavy atom. The largest absolute Gasteiger partial charge is 0.322 e. The number of nitrogens with one attached hydrogen (secondary N) is 1. The lowest BCUT2D eigenvalue weighted by molar-refractivity contribution is 0.102. The summed E-state index contributed by atoms with van der Waals surface area (Å²) in [6, 6.07) is 16.4. The van der Waals surface area contributed by atoms with Crippen LogP contribution in [0.5, 0.6) is 0 Å². The highest BCUT2D eigenvalue weighted by molar-refractivity contribution is 6.04. The predicted molar refractivity (Wildman–Crippen MR) is 90.6 cm³/mol. The maximum atomic E-state index is 12.4. The van der Waals surface area contributed by atoms with Gasteiger partial charge in [0.15, 0.2) is 5.82 Å². The maximum absolute atomic E-state index is 12.4. The number of benzene rings is 2. The summed E-state index contributed by atoms with van der Waals surface area (Å²) in [5, 5.41) is 23.7. The van der Waals surface area contributed by atoms with E-state index in [1.807, 2.05) is 29.0 Å². The number of carbonyl (C=O) groups excluding carboxylic acids is 1. The summed E-state index contributed by atoms with van der Waals surface area (Å²) in [6.45, 7) is 0. The summed E-state index contributed by atoms with van der Waals surface area (Å²) in [7, 11) is 0. The first-order chi connectivity index (χ1) is 12.2. The number of nitriles is 1. The highest BCUT2D eigenvalue weighted by Gasteiger charge is 2.28. The first kappa shape index (κ1) is 15.0. The van der Waals surface area contributed by atoms with Crippen LogP contribution in [-0.2, 0) is 0 Å². The van der Waals surface area contributed by atoms with Crippen LogP contribution in [0.1, 0.15) is 34.8 Å². The average molecular weight is 330 g/mol. The fourth-order valence-electron chi connectivity index (χ4n) is 2.62. The van der Waals surface area contributed by atoms with Crippen molar-refractivity contribution in [2.24, 2.45) is 0 Å². The Hall–Kier alpha value is -3.53. The van der Waals surface area contributed by atoms with Crippen molar-refractivity contribution in [3.8, 4) is 17.5 Å². The van der Waals surface area contributed by atoms with Crippen molar-refractivity contribution in [2.75, 3.05) is 5.32 Å². The van der Waals surface area contributed by atoms with Gasteiger partial charge in [-0.2, -0.15) is 5.26 Å². The Kier molecular flexibility index (Phi) is 3.71. The van der Waals surface area contributed by atoms with Crippen LogP contribution in [0.15, 0.2) is 48.5 Å². The molecule has 1 heterocycles. The number of rotatable bonds is 4. The summed E-state index contributed by atoms with van der Waals surface area (Å²) >= 11 is 0. The number of nitrogens with zero attached hydrogens (tertiary/aromatic N) is 5. The molecule has 4 rings (SSSR count). The molecule has 0 atom stereocenters. The lowest BCUT2D eigenvalue weighted by Gasteiger charge is -2.08. The van der Waals surface area contributed by atoms with Crippen LogP contribution in [0.2, 0.25) is 0 Å². The zero-order valence-corrected chi connectivity index (χ0v) is 13.3. The summed E-state index contributed by atoms with van der Waals surface area (Å²) in [6.07, 6.45) is 2.17. The van der Waals surface area contributed by atoms with Gasteiger partial charge in [-0.3, -0.25) is 4.79 Å². The van der Waals surface area contributed by atoms with Crippen molar-refractivity contribution in [1.82, 2.24) is 20.2 Å². The molecule has 0 aliphatic heterocycles. The van der Waals surface area contributed by atoms with Crippen molar-refractivity contribution in [3.63, 3.8) is 0 Å². The molecular formula is C18H14N6O. The molecule has 25 heavy (non-hydrogen) atoms. The van der Waals surface area contributed by atoms with Crippen molar-refractivity contribution < 1.29 is 4.79 Å². The minimum Gasteiger partial charge on any atom is -0.322 e. The standard InChI is InChI=1S/C18H14N6O/c19-11-12-3-1-5-14(9-12)18(25)20-15-6-2-4-13(10-15)17-21-22-23-24(17)16-7-8-16/h1-6,9-10,16H,7-8H2,(H,20,25). The van der Waals surface area contributed by atoms with Crippen LogP contribution in [0.4, 0.5) is 5.69 Å². The maximum Gasteiger partial charge on any atom is 0.255 e. The second-order valence-corrected chi connectivity index (χ2v) is 5.91. The highest BCUT2D eigenvalue weighted by Crippen LogP contribution is 2.36. The van der Waals surface area contributed by atoms with E-state index in [2.05, 4.69) is 20.8 Å². The predicted octanol–water partition coefficient (Wildman–Crippen LogP) is 2.80. The molecule has 1 aromatic heterocycles. The molecule has 7 heteroatoms. The van der Waals surface area contributed by atoms with Crippen LogP contribution >= 0.6 is 0 Å². The van der Waals surface area contributed by atoms with Crippen LogP contribution in [-0.4, -0.2) is 26.1 Å². The Balaban J connectivity index is 1.58. The molecule has 7 nitrogen and oxygen atoms in total. The zero-order valence-electron chi connectivity index (χ0n) is 13.3. The molecule has 0 radical (unpaired) electrons. The van der Waals surface area contributed by atoms with Gasteiger partial charge in [0, 0.05) is 16.8 Å². The van der Waals surface area contributed by atoms with Gasteiger partial charge in [0.25, 0.3) is 5.91 Å². The molecule has 0 spiro atoms. The van der Waals surface area contributed by atoms with E-state index >= 15 is 0 Å². The number of anilines is 1. The average Bonchev–Trinajstić information content (AvgIpc) is 3.38. The lowest BCUT2D eigenvalue weighted by atomic mass is 10.1. The van der Waals surface area contributed by atoms with Crippen molar-refractivity contribution >= 4 is 11.6 Å². The van der Waals surface area contributed by atoms with E-state index < -0.39 is 0 Å². The molecular weight excluding hydrogens is 316 g/mol. The minimum absolute atomic E-state index is 0.268. The van der Waals surface area contributed by atoms with Crippen LogP contribution < -0.4 is 5.32 Å². The first-order valence-corrected chi connectivity index (χ1v) is 7.94. The zero-order chi connectivity index (χ0) is 17.2. The Bertz CT molecular complexity index is 983. The molecule has 3 aromatic rings. The Labute approximate surface area is 143 Å². The molecule has 1 aliphatic carbocycles. The number of amides is 1. The molecule has 0 unspecified atom stereocenters. The van der Waals surface area contributed by atoms with Gasteiger partial charge < -0.3 is 5.32 Å². The molecule has 2 aromatic carbocycles. The van der Waals surface area contributed by atoms with Crippen molar-refractivity contribution in [3.05, 3.63) is 59.7 Å². The van der Waals surface area contributed by atoms with Gasteiger partial charge in [-0.05, 0) is 53.6 Å². The van der Waals surface area contributed by atoms with E-state index in [0.29, 0.717) is 28.7 Å². The number of carbonyl (C=O) groups is 1. The van der Waals surface area contributed by atoms with E-state index in [-0.39, 0.29) is 5.91 Å². The van der Waals surface area contributed by atoms with Gasteiger partial charge in [0.1, 0.15) is 0 Å². The Morgan fingerprint density at radius 1 is 1.20 bits per heavy atom. The third kappa shape index (κ3) is 3.10. The fourth-order valence-corrected chi connectivity index (χ4v) is 2.62. The minimum atomic E-state index is -0.268. The first-order valence-electron chi connectivity index (χ1n) is 7.94. The van der Waals surface area contributed by atoms with Crippen molar-refractivity contribution in [1.29, 1.82) is 5.26 Å². The second-order valence-electron chi connectivity index (χ2n) is 5.91. The summed E-state index contributed by atoms with van der Waals surface area (Å²) in [5.74, 6) is 0.432. The van der Waals surface area contributed by atoms with Crippen LogP contribution in [0, 0.1) is 11.3 Å². The number of hydrogen-bond acceptors (Lipinski definition) is 5. The van der Waals surface area contributed by atoms with E-state index in [4.69, 9.17) is 5.26 Å². The summed E-state index contributed by atoms with van der Waals surface area (Å²) < 4.78 is 1.83. The van der Waals surface area contributed by atoms with Gasteiger partial charge in [0.05, 0.1) is 17.7 Å². The third-order valence-electron chi connectivity index (χ3n) is 4.02. The molecule has 122 valence electrons. The van der Waals surface area contributed by atoms with E-state index in [1.165, 1.54) is 0 Å². The van der Waals surface area contributed by atoms with E-state index in [1.54, 1.807) is 30.3 Å². The lowest BCUT2D eigenvalue weighted by Crippen LogP contribution is -2.12. The van der Waals surface area contributed by atoms with E-state index in [9.17, 15) is 4.79 Å². The van der Waals surface area contributed by atoms with E-state index in [0.717, 1.165) is 18.4 Å². The monoisotopic (exact) mass is 330 g/mol. The number of aromatic nitrogens is 4. The van der Waals surface area contributed by atoms with Crippen molar-refractivity contribution in [2.45, 2.75) is 18.9 Å². The molecule has 0 saturated heterocycles. The SMILES string of the molecule is N#Cc1cccc(C(=O)Nc2cccc(-c3nnnn3C3CC3)c2)c1. The highest BCUT2D eigenvalue weighted by atomic mass is 16.1. The van der Waals surface area contributed by atoms with Gasteiger partial charge in [-0.1, -0.05) is 18.2 Å². The molecule has 1 fully saturated rings. The fraction of sp³-hybridized carbons (Fsp3) is 0.167. The molecule has 1 amide bonds. The third-order valence-corrected chi connectivity index (χ3v) is 4.02. The topological polar surface area (TPSA) is 96.5 Å². The van der Waals surface area contributed by atoms with Crippen LogP contribution in [0.3, 0.4) is 0 Å². The number of hydrogen-bond donors (Lipinski definition) is 1. The quantitative estimate of drug-likeness (QED) is 0.793. The summed E-state index contributed by atoms with van der Waals surface area (Å²) in [5.41, 5.74) is 2.38. The molecule has 1 aliphatic rings. The summed E-state index contributed by atoms with van der Waals surface area (Å²) in [4.78, 5) is 12.4. The van der Waals surface area contributed by atoms with Gasteiger partial charge in [-0.15, -0.1) is 5.10 Å². The normalized spacial score (nSPS) is 13.2. The number of tetrazole rings is 1. The van der Waals surface area contributed by atoms with Gasteiger partial charge in [-0.25, -0.2) is 4.68 Å². The molecule has 0 bridgehead atoms.